The van der Waals surface area contributed by atoms with Gasteiger partial charge in [0.25, 0.3) is 5.91 Å². The summed E-state index contributed by atoms with van der Waals surface area (Å²) in [6.07, 6.45) is 1.49. The minimum Gasteiger partial charge on any atom is -0.478 e. The van der Waals surface area contributed by atoms with Crippen LogP contribution < -0.4 is 11.1 Å². The van der Waals surface area contributed by atoms with Crippen molar-refractivity contribution < 1.29 is 14.7 Å². The van der Waals surface area contributed by atoms with Crippen LogP contribution in [0.4, 0.5) is 5.69 Å². The highest BCUT2D eigenvalue weighted by atomic mass is 35.5. The normalized spacial score (nSPS) is 10.2. The van der Waals surface area contributed by atoms with Crippen LogP contribution in [0, 0.1) is 0 Å². The molecule has 1 aromatic heterocycles. The van der Waals surface area contributed by atoms with E-state index in [1.54, 1.807) is 12.1 Å². The van der Waals surface area contributed by atoms with E-state index in [9.17, 15) is 9.59 Å². The molecule has 4 N–H and O–H groups in total. The van der Waals surface area contributed by atoms with Crippen molar-refractivity contribution in [2.45, 2.75) is 6.54 Å². The summed E-state index contributed by atoms with van der Waals surface area (Å²) in [4.78, 5) is 26.9. The molecule has 0 aliphatic heterocycles. The number of hydrogen-bond acceptors (Lipinski definition) is 4. The molecular formula is C14H12ClN3O3. The smallest absolute Gasteiger partial charge is 0.335 e. The molecule has 0 radical (unpaired) electrons. The number of amides is 1. The van der Waals surface area contributed by atoms with Gasteiger partial charge in [0.05, 0.1) is 22.0 Å². The molecule has 0 unspecified atom stereocenters. The molecule has 0 saturated heterocycles. The first kappa shape index (κ1) is 15.0. The summed E-state index contributed by atoms with van der Waals surface area (Å²) in [6, 6.07) is 7.21. The number of pyridine rings is 1. The molecular weight excluding hydrogens is 294 g/mol. The third-order valence-corrected chi connectivity index (χ3v) is 3.06. The Labute approximate surface area is 125 Å². The fourth-order valence-electron chi connectivity index (χ4n) is 1.68. The van der Waals surface area contributed by atoms with Crippen LogP contribution in [0.1, 0.15) is 26.4 Å². The van der Waals surface area contributed by atoms with Crippen molar-refractivity contribution in [1.82, 2.24) is 4.98 Å². The van der Waals surface area contributed by atoms with E-state index >= 15 is 0 Å². The number of halogens is 1. The third-order valence-electron chi connectivity index (χ3n) is 2.75. The van der Waals surface area contributed by atoms with Crippen LogP contribution in [0.25, 0.3) is 0 Å². The fourth-order valence-corrected chi connectivity index (χ4v) is 1.90. The third kappa shape index (κ3) is 3.56. The fraction of sp³-hybridized carbons (Fsp3) is 0.0714. The molecule has 0 aliphatic rings. The number of hydrogen-bond donors (Lipinski definition) is 3. The number of nitrogens with zero attached hydrogens (tertiary/aromatic N) is 1. The summed E-state index contributed by atoms with van der Waals surface area (Å²) in [5, 5.41) is 11.6. The molecule has 0 fully saturated rings. The Kier molecular flexibility index (Phi) is 4.52. The number of anilines is 1. The zero-order valence-electron chi connectivity index (χ0n) is 10.8. The Morgan fingerprint density at radius 2 is 2.00 bits per heavy atom. The molecule has 0 bridgehead atoms. The van der Waals surface area contributed by atoms with Crippen molar-refractivity contribution in [3.05, 3.63) is 58.4 Å². The predicted molar refractivity (Wildman–Crippen MR) is 78.5 cm³/mol. The Balaban J connectivity index is 2.21. The number of carbonyl (C=O) groups is 2. The van der Waals surface area contributed by atoms with E-state index in [2.05, 4.69) is 10.3 Å². The maximum Gasteiger partial charge on any atom is 0.335 e. The van der Waals surface area contributed by atoms with Crippen LogP contribution in [-0.4, -0.2) is 22.0 Å². The number of aromatic carboxylic acids is 1. The van der Waals surface area contributed by atoms with Gasteiger partial charge in [-0.25, -0.2) is 4.79 Å². The number of nitrogens with two attached hydrogens (primary N) is 1. The highest BCUT2D eigenvalue weighted by Crippen LogP contribution is 2.23. The average Bonchev–Trinajstić information content (AvgIpc) is 2.49. The lowest BCUT2D eigenvalue weighted by atomic mass is 10.2. The number of carboxylic acids is 1. The highest BCUT2D eigenvalue weighted by Gasteiger charge is 2.11. The number of benzene rings is 1. The van der Waals surface area contributed by atoms with E-state index in [0.717, 1.165) is 0 Å². The van der Waals surface area contributed by atoms with Crippen molar-refractivity contribution in [1.29, 1.82) is 0 Å². The Morgan fingerprint density at radius 3 is 2.62 bits per heavy atom. The zero-order chi connectivity index (χ0) is 15.4. The van der Waals surface area contributed by atoms with E-state index in [-0.39, 0.29) is 23.0 Å². The van der Waals surface area contributed by atoms with E-state index in [1.165, 1.54) is 24.4 Å². The Hall–Kier alpha value is -2.44. The minimum absolute atomic E-state index is 0.0485. The molecule has 108 valence electrons. The summed E-state index contributed by atoms with van der Waals surface area (Å²) in [5.74, 6) is -1.46. The maximum atomic E-state index is 12.1. The number of nitrogens with one attached hydrogen (secondary N) is 1. The summed E-state index contributed by atoms with van der Waals surface area (Å²) in [6.45, 7) is 0.231. The van der Waals surface area contributed by atoms with Crippen molar-refractivity contribution in [3.8, 4) is 0 Å². The first-order valence-corrected chi connectivity index (χ1v) is 6.38. The maximum absolute atomic E-state index is 12.1. The van der Waals surface area contributed by atoms with Gasteiger partial charge in [-0.15, -0.1) is 0 Å². The van der Waals surface area contributed by atoms with Crippen LogP contribution >= 0.6 is 11.6 Å². The first-order valence-electron chi connectivity index (χ1n) is 6.00. The molecule has 7 heteroatoms. The SMILES string of the molecule is NCc1cc(C(=O)Nc2ccc(C(=O)O)cc2Cl)ccn1. The number of rotatable bonds is 4. The molecule has 0 spiro atoms. The first-order chi connectivity index (χ1) is 10.0. The van der Waals surface area contributed by atoms with Crippen molar-refractivity contribution in [2.24, 2.45) is 5.73 Å². The molecule has 0 saturated carbocycles. The van der Waals surface area contributed by atoms with Gasteiger partial charge in [0.1, 0.15) is 0 Å². The number of aromatic nitrogens is 1. The van der Waals surface area contributed by atoms with Crippen molar-refractivity contribution in [3.63, 3.8) is 0 Å². The van der Waals surface area contributed by atoms with Gasteiger partial charge in [-0.1, -0.05) is 11.6 Å². The molecule has 1 aromatic carbocycles. The Morgan fingerprint density at radius 1 is 1.24 bits per heavy atom. The van der Waals surface area contributed by atoms with Crippen LogP contribution in [0.15, 0.2) is 36.5 Å². The number of carboxylic acid groups (broad SMARTS) is 1. The second-order valence-electron chi connectivity index (χ2n) is 4.19. The topological polar surface area (TPSA) is 105 Å². The molecule has 1 amide bonds. The molecule has 6 nitrogen and oxygen atoms in total. The van der Waals surface area contributed by atoms with Gasteiger partial charge in [-0.3, -0.25) is 9.78 Å². The second-order valence-corrected chi connectivity index (χ2v) is 4.60. The van der Waals surface area contributed by atoms with Crippen molar-refractivity contribution >= 4 is 29.2 Å². The summed E-state index contributed by atoms with van der Waals surface area (Å²) >= 11 is 5.95. The zero-order valence-corrected chi connectivity index (χ0v) is 11.6. The van der Waals surface area contributed by atoms with Gasteiger partial charge < -0.3 is 16.2 Å². The van der Waals surface area contributed by atoms with E-state index in [1.807, 2.05) is 0 Å². The van der Waals surface area contributed by atoms with Crippen LogP contribution in [0.2, 0.25) is 5.02 Å². The monoisotopic (exact) mass is 305 g/mol. The van der Waals surface area contributed by atoms with Crippen LogP contribution in [-0.2, 0) is 6.54 Å². The van der Waals surface area contributed by atoms with Gasteiger partial charge >= 0.3 is 5.97 Å². The van der Waals surface area contributed by atoms with Crippen LogP contribution in [0.3, 0.4) is 0 Å². The van der Waals surface area contributed by atoms with Crippen LogP contribution in [0.5, 0.6) is 0 Å². The summed E-state index contributed by atoms with van der Waals surface area (Å²) in [7, 11) is 0. The standard InChI is InChI=1S/C14H12ClN3O3/c15-11-6-9(14(20)21)1-2-12(11)18-13(19)8-3-4-17-10(5-8)7-16/h1-6H,7,16H2,(H,18,19)(H,20,21). The summed E-state index contributed by atoms with van der Waals surface area (Å²) < 4.78 is 0. The second kappa shape index (κ2) is 6.34. The summed E-state index contributed by atoms with van der Waals surface area (Å²) in [5.41, 5.74) is 6.83. The van der Waals surface area contributed by atoms with Gasteiger partial charge in [-0.05, 0) is 30.3 Å². The average molecular weight is 306 g/mol. The van der Waals surface area contributed by atoms with Gasteiger partial charge in [0.2, 0.25) is 0 Å². The predicted octanol–water partition coefficient (Wildman–Crippen LogP) is 2.14. The van der Waals surface area contributed by atoms with E-state index in [4.69, 9.17) is 22.4 Å². The lowest BCUT2D eigenvalue weighted by molar-refractivity contribution is 0.0696. The van der Waals surface area contributed by atoms with Gasteiger partial charge in [0.15, 0.2) is 0 Å². The molecule has 0 aliphatic carbocycles. The lowest BCUT2D eigenvalue weighted by Gasteiger charge is -2.08. The number of carbonyl (C=O) groups excluding carboxylic acids is 1. The lowest BCUT2D eigenvalue weighted by Crippen LogP contribution is -2.13. The largest absolute Gasteiger partial charge is 0.478 e. The van der Waals surface area contributed by atoms with E-state index < -0.39 is 5.97 Å². The minimum atomic E-state index is -1.09. The quantitative estimate of drug-likeness (QED) is 0.802. The van der Waals surface area contributed by atoms with Gasteiger partial charge in [0, 0.05) is 18.3 Å². The van der Waals surface area contributed by atoms with Gasteiger partial charge in [-0.2, -0.15) is 0 Å². The highest BCUT2D eigenvalue weighted by molar-refractivity contribution is 6.34. The molecule has 2 rings (SSSR count). The molecule has 2 aromatic rings. The molecule has 1 heterocycles. The van der Waals surface area contributed by atoms with E-state index in [0.29, 0.717) is 16.9 Å². The van der Waals surface area contributed by atoms with Crippen molar-refractivity contribution in [2.75, 3.05) is 5.32 Å². The Bertz CT molecular complexity index is 704. The molecule has 0 atom stereocenters. The molecule has 21 heavy (non-hydrogen) atoms.